The first-order chi connectivity index (χ1) is 10.6. The van der Waals surface area contributed by atoms with Crippen molar-refractivity contribution in [3.63, 3.8) is 0 Å². The molecular formula is C19H22N2O. The van der Waals surface area contributed by atoms with E-state index in [0.717, 1.165) is 29.8 Å². The highest BCUT2D eigenvalue weighted by Gasteiger charge is 2.15. The van der Waals surface area contributed by atoms with Gasteiger partial charge in [-0.1, -0.05) is 30.3 Å². The van der Waals surface area contributed by atoms with E-state index in [0.29, 0.717) is 0 Å². The molecule has 2 aromatic carbocycles. The maximum atomic E-state index is 10.1. The van der Waals surface area contributed by atoms with Crippen LogP contribution in [-0.2, 0) is 13.0 Å². The lowest BCUT2D eigenvalue weighted by Crippen LogP contribution is -2.09. The Kier molecular flexibility index (Phi) is 3.99. The summed E-state index contributed by atoms with van der Waals surface area (Å²) in [5, 5.41) is 10.1. The fraction of sp³-hybridized carbons (Fsp3) is 0.316. The van der Waals surface area contributed by atoms with Crippen molar-refractivity contribution in [1.82, 2.24) is 9.55 Å². The highest BCUT2D eigenvalue weighted by molar-refractivity contribution is 5.78. The van der Waals surface area contributed by atoms with Gasteiger partial charge in [-0.2, -0.15) is 0 Å². The number of hydrogen-bond acceptors (Lipinski definition) is 2. The molecule has 0 bridgehead atoms. The SMILES string of the molecule is Cc1cc2nc(C(C)O)n(CCc3ccccc3)c2cc1C. The molecule has 1 atom stereocenters. The zero-order valence-electron chi connectivity index (χ0n) is 13.4. The molecule has 0 spiro atoms. The molecule has 22 heavy (non-hydrogen) atoms. The molecule has 0 aliphatic rings. The minimum Gasteiger partial charge on any atom is -0.385 e. The summed E-state index contributed by atoms with van der Waals surface area (Å²) in [5.74, 6) is 0.746. The lowest BCUT2D eigenvalue weighted by molar-refractivity contribution is 0.184. The third-order valence-electron chi connectivity index (χ3n) is 4.23. The molecule has 3 heteroatoms. The minimum absolute atomic E-state index is 0.566. The van der Waals surface area contributed by atoms with Crippen LogP contribution >= 0.6 is 0 Å². The Labute approximate surface area is 131 Å². The zero-order valence-corrected chi connectivity index (χ0v) is 13.4. The van der Waals surface area contributed by atoms with Gasteiger partial charge in [0.15, 0.2) is 0 Å². The standard InChI is InChI=1S/C19H22N2O/c1-13-11-17-18(12-14(13)2)21(19(20-17)15(3)22)10-9-16-7-5-4-6-8-16/h4-8,11-12,15,22H,9-10H2,1-3H3. The molecular weight excluding hydrogens is 272 g/mol. The summed E-state index contributed by atoms with van der Waals surface area (Å²) in [6, 6.07) is 14.7. The van der Waals surface area contributed by atoms with E-state index in [1.807, 2.05) is 6.07 Å². The number of aryl methyl sites for hydroxylation is 4. The number of benzene rings is 2. The predicted octanol–water partition coefficient (Wildman–Crippen LogP) is 3.95. The molecule has 0 aliphatic carbocycles. The van der Waals surface area contributed by atoms with Gasteiger partial charge in [0.05, 0.1) is 11.0 Å². The van der Waals surface area contributed by atoms with Gasteiger partial charge in [0.25, 0.3) is 0 Å². The quantitative estimate of drug-likeness (QED) is 0.791. The van der Waals surface area contributed by atoms with E-state index < -0.39 is 6.10 Å². The van der Waals surface area contributed by atoms with Crippen molar-refractivity contribution in [1.29, 1.82) is 0 Å². The van der Waals surface area contributed by atoms with E-state index in [2.05, 4.69) is 59.8 Å². The van der Waals surface area contributed by atoms with E-state index in [-0.39, 0.29) is 0 Å². The Hall–Kier alpha value is -2.13. The first-order valence-corrected chi connectivity index (χ1v) is 7.75. The number of aromatic nitrogens is 2. The third-order valence-corrected chi connectivity index (χ3v) is 4.23. The maximum Gasteiger partial charge on any atom is 0.138 e. The van der Waals surface area contributed by atoms with Gasteiger partial charge in [0.2, 0.25) is 0 Å². The van der Waals surface area contributed by atoms with Gasteiger partial charge in [-0.15, -0.1) is 0 Å². The summed E-state index contributed by atoms with van der Waals surface area (Å²) in [4.78, 5) is 4.64. The second-order valence-electron chi connectivity index (χ2n) is 5.96. The summed E-state index contributed by atoms with van der Waals surface area (Å²) in [6.07, 6.45) is 0.364. The van der Waals surface area contributed by atoms with Gasteiger partial charge in [-0.05, 0) is 56.0 Å². The lowest BCUT2D eigenvalue weighted by Gasteiger charge is -2.11. The second-order valence-corrected chi connectivity index (χ2v) is 5.96. The summed E-state index contributed by atoms with van der Waals surface area (Å²) < 4.78 is 2.15. The number of fused-ring (bicyclic) bond motifs is 1. The van der Waals surface area contributed by atoms with Crippen molar-refractivity contribution in [3.8, 4) is 0 Å². The number of hydrogen-bond donors (Lipinski definition) is 1. The number of nitrogens with zero attached hydrogens (tertiary/aromatic N) is 2. The van der Waals surface area contributed by atoms with Crippen molar-refractivity contribution < 1.29 is 5.11 Å². The molecule has 1 heterocycles. The van der Waals surface area contributed by atoms with Crippen LogP contribution in [0.25, 0.3) is 11.0 Å². The Morgan fingerprint density at radius 1 is 1.09 bits per heavy atom. The van der Waals surface area contributed by atoms with Crippen molar-refractivity contribution in [2.75, 3.05) is 0 Å². The highest BCUT2D eigenvalue weighted by atomic mass is 16.3. The number of aliphatic hydroxyl groups excluding tert-OH is 1. The van der Waals surface area contributed by atoms with Gasteiger partial charge in [0, 0.05) is 6.54 Å². The maximum absolute atomic E-state index is 10.1. The van der Waals surface area contributed by atoms with Gasteiger partial charge in [-0.25, -0.2) is 4.98 Å². The molecule has 1 N–H and O–H groups in total. The number of aliphatic hydroxyl groups is 1. The van der Waals surface area contributed by atoms with E-state index >= 15 is 0 Å². The molecule has 0 fully saturated rings. The molecule has 1 unspecified atom stereocenters. The molecule has 3 rings (SSSR count). The Balaban J connectivity index is 2.02. The van der Waals surface area contributed by atoms with Crippen LogP contribution in [0.15, 0.2) is 42.5 Å². The molecule has 1 aromatic heterocycles. The third kappa shape index (κ3) is 2.77. The summed E-state index contributed by atoms with van der Waals surface area (Å²) >= 11 is 0. The fourth-order valence-electron chi connectivity index (χ4n) is 2.84. The van der Waals surface area contributed by atoms with E-state index in [1.165, 1.54) is 16.7 Å². The summed E-state index contributed by atoms with van der Waals surface area (Å²) in [6.45, 7) is 6.81. The zero-order chi connectivity index (χ0) is 15.7. The average molecular weight is 294 g/mol. The number of imidazole rings is 1. The molecule has 114 valence electrons. The second kappa shape index (κ2) is 5.93. The smallest absolute Gasteiger partial charge is 0.138 e. The monoisotopic (exact) mass is 294 g/mol. The van der Waals surface area contributed by atoms with Gasteiger partial charge < -0.3 is 9.67 Å². The van der Waals surface area contributed by atoms with Gasteiger partial charge in [-0.3, -0.25) is 0 Å². The molecule has 0 aliphatic heterocycles. The van der Waals surface area contributed by atoms with E-state index in [1.54, 1.807) is 6.92 Å². The van der Waals surface area contributed by atoms with E-state index in [4.69, 9.17) is 0 Å². The van der Waals surface area contributed by atoms with Crippen LogP contribution in [0.2, 0.25) is 0 Å². The van der Waals surface area contributed by atoms with Crippen LogP contribution in [0.4, 0.5) is 0 Å². The fourth-order valence-corrected chi connectivity index (χ4v) is 2.84. The van der Waals surface area contributed by atoms with Crippen molar-refractivity contribution in [2.24, 2.45) is 0 Å². The summed E-state index contributed by atoms with van der Waals surface area (Å²) in [5.41, 5.74) is 5.86. The van der Waals surface area contributed by atoms with Crippen LogP contribution in [0, 0.1) is 13.8 Å². The van der Waals surface area contributed by atoms with Gasteiger partial charge >= 0.3 is 0 Å². The highest BCUT2D eigenvalue weighted by Crippen LogP contribution is 2.24. The minimum atomic E-state index is -0.566. The normalized spacial score (nSPS) is 12.7. The Morgan fingerprint density at radius 2 is 1.77 bits per heavy atom. The lowest BCUT2D eigenvalue weighted by atomic mass is 10.1. The molecule has 0 amide bonds. The van der Waals surface area contributed by atoms with Crippen molar-refractivity contribution in [2.45, 2.75) is 39.8 Å². The average Bonchev–Trinajstić information content (AvgIpc) is 2.85. The molecule has 3 nitrogen and oxygen atoms in total. The van der Waals surface area contributed by atoms with Crippen LogP contribution < -0.4 is 0 Å². The molecule has 0 radical (unpaired) electrons. The topological polar surface area (TPSA) is 38.1 Å². The van der Waals surface area contributed by atoms with Crippen molar-refractivity contribution in [3.05, 3.63) is 65.0 Å². The van der Waals surface area contributed by atoms with Gasteiger partial charge in [0.1, 0.15) is 11.9 Å². The van der Waals surface area contributed by atoms with E-state index in [9.17, 15) is 5.11 Å². The van der Waals surface area contributed by atoms with Crippen LogP contribution in [-0.4, -0.2) is 14.7 Å². The molecule has 0 saturated carbocycles. The van der Waals surface area contributed by atoms with Crippen LogP contribution in [0.5, 0.6) is 0 Å². The predicted molar refractivity (Wildman–Crippen MR) is 90.0 cm³/mol. The number of rotatable bonds is 4. The largest absolute Gasteiger partial charge is 0.385 e. The Morgan fingerprint density at radius 3 is 2.45 bits per heavy atom. The van der Waals surface area contributed by atoms with Crippen LogP contribution in [0.3, 0.4) is 0 Å². The molecule has 0 saturated heterocycles. The first kappa shape index (κ1) is 14.8. The molecule has 3 aromatic rings. The first-order valence-electron chi connectivity index (χ1n) is 7.75. The van der Waals surface area contributed by atoms with Crippen molar-refractivity contribution >= 4 is 11.0 Å². The Bertz CT molecular complexity index is 788. The van der Waals surface area contributed by atoms with Crippen LogP contribution in [0.1, 0.15) is 35.5 Å². The summed E-state index contributed by atoms with van der Waals surface area (Å²) in [7, 11) is 0.